The summed E-state index contributed by atoms with van der Waals surface area (Å²) < 4.78 is 28.1. The van der Waals surface area contributed by atoms with E-state index in [1.54, 1.807) is 20.9 Å². The lowest BCUT2D eigenvalue weighted by Gasteiger charge is -2.16. The third-order valence-electron chi connectivity index (χ3n) is 2.42. The molecule has 6 heteroatoms. The highest BCUT2D eigenvalue weighted by molar-refractivity contribution is 7.92. The van der Waals surface area contributed by atoms with Gasteiger partial charge >= 0.3 is 5.97 Å². The summed E-state index contributed by atoms with van der Waals surface area (Å²) >= 11 is 0. The summed E-state index contributed by atoms with van der Waals surface area (Å²) in [6.07, 6.45) is 0.484. The molecule has 16 heavy (non-hydrogen) atoms. The molecule has 0 aromatic carbocycles. The Bertz CT molecular complexity index is 313. The molecule has 0 aromatic rings. The molecule has 96 valence electrons. The van der Waals surface area contributed by atoms with E-state index in [1.165, 1.54) is 0 Å². The molecule has 2 unspecified atom stereocenters. The minimum absolute atomic E-state index is 0.104. The average molecular weight is 251 g/mol. The van der Waals surface area contributed by atoms with Crippen LogP contribution in [0.5, 0.6) is 0 Å². The topological polar surface area (TPSA) is 72.5 Å². The molecular weight excluding hydrogens is 230 g/mol. The monoisotopic (exact) mass is 251 g/mol. The molecule has 0 aliphatic heterocycles. The predicted octanol–water partition coefficient (Wildman–Crippen LogP) is 0.351. The summed E-state index contributed by atoms with van der Waals surface area (Å²) in [6.45, 7) is 5.37. The van der Waals surface area contributed by atoms with E-state index >= 15 is 0 Å². The first-order valence-electron chi connectivity index (χ1n) is 5.38. The molecular formula is C10H21NO4S. The zero-order chi connectivity index (χ0) is 12.8. The SMILES string of the molecule is CCOC(=O)CS(=O)(=O)C(C)CC(C)NC. The second kappa shape index (κ2) is 6.85. The minimum atomic E-state index is -3.40. The predicted molar refractivity (Wildman–Crippen MR) is 63.0 cm³/mol. The van der Waals surface area contributed by atoms with E-state index in [9.17, 15) is 13.2 Å². The normalized spacial score (nSPS) is 15.5. The fourth-order valence-electron chi connectivity index (χ4n) is 1.27. The summed E-state index contributed by atoms with van der Waals surface area (Å²) in [7, 11) is -1.63. The van der Waals surface area contributed by atoms with Gasteiger partial charge in [0.25, 0.3) is 0 Å². The quantitative estimate of drug-likeness (QED) is 0.661. The number of ether oxygens (including phenoxy) is 1. The third kappa shape index (κ3) is 5.46. The molecule has 1 N–H and O–H groups in total. The first-order chi connectivity index (χ1) is 7.33. The molecule has 0 saturated carbocycles. The van der Waals surface area contributed by atoms with Crippen LogP contribution >= 0.6 is 0 Å². The molecule has 0 spiro atoms. The minimum Gasteiger partial charge on any atom is -0.465 e. The van der Waals surface area contributed by atoms with Crippen molar-refractivity contribution in [2.75, 3.05) is 19.4 Å². The lowest BCUT2D eigenvalue weighted by molar-refractivity contribution is -0.139. The van der Waals surface area contributed by atoms with Gasteiger partial charge in [-0.25, -0.2) is 8.42 Å². The van der Waals surface area contributed by atoms with Gasteiger partial charge in [0.1, 0.15) is 5.75 Å². The van der Waals surface area contributed by atoms with Gasteiger partial charge in [0, 0.05) is 6.04 Å². The fraction of sp³-hybridized carbons (Fsp3) is 0.900. The summed E-state index contributed by atoms with van der Waals surface area (Å²) in [5.41, 5.74) is 0. The molecule has 5 nitrogen and oxygen atoms in total. The number of carbonyl (C=O) groups is 1. The lowest BCUT2D eigenvalue weighted by atomic mass is 10.2. The Labute approximate surface area is 97.5 Å². The maximum Gasteiger partial charge on any atom is 0.321 e. The Balaban J connectivity index is 4.37. The molecule has 0 aromatic heterocycles. The van der Waals surface area contributed by atoms with E-state index in [0.717, 1.165) is 0 Å². The van der Waals surface area contributed by atoms with E-state index in [1.807, 2.05) is 6.92 Å². The van der Waals surface area contributed by atoms with Crippen LogP contribution in [0, 0.1) is 0 Å². The van der Waals surface area contributed by atoms with Crippen molar-refractivity contribution in [3.8, 4) is 0 Å². The summed E-state index contributed by atoms with van der Waals surface area (Å²) in [5, 5.41) is 2.42. The summed E-state index contributed by atoms with van der Waals surface area (Å²) in [6, 6.07) is 0.104. The third-order valence-corrected chi connectivity index (χ3v) is 4.47. The van der Waals surface area contributed by atoms with Crippen molar-refractivity contribution >= 4 is 15.8 Å². The molecule has 0 aliphatic carbocycles. The van der Waals surface area contributed by atoms with Crippen molar-refractivity contribution in [1.29, 1.82) is 0 Å². The Morgan fingerprint density at radius 2 is 1.94 bits per heavy atom. The number of carbonyl (C=O) groups excluding carboxylic acids is 1. The molecule has 0 saturated heterocycles. The smallest absolute Gasteiger partial charge is 0.321 e. The van der Waals surface area contributed by atoms with Crippen LogP contribution in [-0.2, 0) is 19.4 Å². The number of hydrogen-bond donors (Lipinski definition) is 1. The average Bonchev–Trinajstić information content (AvgIpc) is 2.16. The van der Waals surface area contributed by atoms with Gasteiger partial charge in [0.05, 0.1) is 11.9 Å². The number of rotatable bonds is 7. The van der Waals surface area contributed by atoms with Crippen LogP contribution < -0.4 is 5.32 Å². The van der Waals surface area contributed by atoms with Gasteiger partial charge < -0.3 is 10.1 Å². The molecule has 2 atom stereocenters. The van der Waals surface area contributed by atoms with E-state index in [0.29, 0.717) is 6.42 Å². The highest BCUT2D eigenvalue weighted by Crippen LogP contribution is 2.09. The van der Waals surface area contributed by atoms with E-state index in [-0.39, 0.29) is 12.6 Å². The Morgan fingerprint density at radius 1 is 1.38 bits per heavy atom. The molecule has 0 fully saturated rings. The van der Waals surface area contributed by atoms with Crippen molar-refractivity contribution in [3.05, 3.63) is 0 Å². The van der Waals surface area contributed by atoms with Crippen molar-refractivity contribution in [3.63, 3.8) is 0 Å². The van der Waals surface area contributed by atoms with Gasteiger partial charge in [-0.1, -0.05) is 0 Å². The van der Waals surface area contributed by atoms with Gasteiger partial charge in [-0.15, -0.1) is 0 Å². The molecule has 0 bridgehead atoms. The van der Waals surface area contributed by atoms with Crippen LogP contribution in [0.2, 0.25) is 0 Å². The first-order valence-corrected chi connectivity index (χ1v) is 7.09. The van der Waals surface area contributed by atoms with Crippen molar-refractivity contribution in [2.24, 2.45) is 0 Å². The lowest BCUT2D eigenvalue weighted by Crippen LogP contribution is -2.33. The molecule has 0 aliphatic rings. The number of hydrogen-bond acceptors (Lipinski definition) is 5. The van der Waals surface area contributed by atoms with Crippen LogP contribution in [0.25, 0.3) is 0 Å². The maximum atomic E-state index is 11.7. The Morgan fingerprint density at radius 3 is 2.38 bits per heavy atom. The standard InChI is InChI=1S/C10H21NO4S/c1-5-15-10(12)7-16(13,14)9(3)6-8(2)11-4/h8-9,11H,5-7H2,1-4H3. The summed E-state index contributed by atoms with van der Waals surface area (Å²) in [4.78, 5) is 11.1. The molecule has 0 rings (SSSR count). The van der Waals surface area contributed by atoms with Gasteiger partial charge in [0.2, 0.25) is 0 Å². The van der Waals surface area contributed by atoms with Crippen LogP contribution in [0.1, 0.15) is 27.2 Å². The zero-order valence-electron chi connectivity index (χ0n) is 10.3. The zero-order valence-corrected chi connectivity index (χ0v) is 11.1. The highest BCUT2D eigenvalue weighted by Gasteiger charge is 2.26. The number of sulfone groups is 1. The van der Waals surface area contributed by atoms with E-state index in [2.05, 4.69) is 10.1 Å². The van der Waals surface area contributed by atoms with E-state index in [4.69, 9.17) is 0 Å². The Hall–Kier alpha value is -0.620. The van der Waals surface area contributed by atoms with Crippen molar-refractivity contribution in [2.45, 2.75) is 38.5 Å². The second-order valence-electron chi connectivity index (χ2n) is 3.85. The van der Waals surface area contributed by atoms with Gasteiger partial charge in [0.15, 0.2) is 9.84 Å². The second-order valence-corrected chi connectivity index (χ2v) is 6.27. The number of nitrogens with one attached hydrogen (secondary N) is 1. The molecule has 0 radical (unpaired) electrons. The fourth-order valence-corrected chi connectivity index (χ4v) is 2.55. The number of esters is 1. The Kier molecular flexibility index (Phi) is 6.59. The van der Waals surface area contributed by atoms with Crippen molar-refractivity contribution < 1.29 is 17.9 Å². The maximum absolute atomic E-state index is 11.7. The van der Waals surface area contributed by atoms with Crippen molar-refractivity contribution in [1.82, 2.24) is 5.32 Å². The van der Waals surface area contributed by atoms with Crippen LogP contribution in [0.3, 0.4) is 0 Å². The van der Waals surface area contributed by atoms with Gasteiger partial charge in [-0.3, -0.25) is 4.79 Å². The van der Waals surface area contributed by atoms with Crippen LogP contribution in [0.4, 0.5) is 0 Å². The van der Waals surface area contributed by atoms with E-state index < -0.39 is 26.8 Å². The van der Waals surface area contributed by atoms with Crippen LogP contribution in [0.15, 0.2) is 0 Å². The molecule has 0 heterocycles. The highest BCUT2D eigenvalue weighted by atomic mass is 32.2. The summed E-state index contributed by atoms with van der Waals surface area (Å²) in [5.74, 6) is -1.20. The van der Waals surface area contributed by atoms with Gasteiger partial charge in [-0.05, 0) is 34.2 Å². The molecule has 0 amide bonds. The van der Waals surface area contributed by atoms with Gasteiger partial charge in [-0.2, -0.15) is 0 Å². The van der Waals surface area contributed by atoms with Crippen LogP contribution in [-0.4, -0.2) is 45.1 Å². The largest absolute Gasteiger partial charge is 0.465 e. The first kappa shape index (κ1) is 15.4.